The molecule has 2 aromatic heterocycles. The van der Waals surface area contributed by atoms with Crippen LogP contribution in [0.4, 0.5) is 0 Å². The summed E-state index contributed by atoms with van der Waals surface area (Å²) in [6.07, 6.45) is 0. The van der Waals surface area contributed by atoms with Crippen molar-refractivity contribution < 1.29 is 26.1 Å². The molecule has 0 aliphatic heterocycles. The van der Waals surface area contributed by atoms with Crippen LogP contribution in [0.3, 0.4) is 0 Å². The van der Waals surface area contributed by atoms with Crippen LogP contribution in [-0.2, 0) is 0 Å². The number of fused-ring (bicyclic) bond motifs is 1. The second-order valence-corrected chi connectivity index (χ2v) is 6.79. The maximum absolute atomic E-state index is 9.98. The fourth-order valence-electron chi connectivity index (χ4n) is 2.42. The van der Waals surface area contributed by atoms with E-state index in [0.717, 1.165) is 14.7 Å². The molecule has 0 fully saturated rings. The van der Waals surface area contributed by atoms with Crippen molar-refractivity contribution in [2.75, 3.05) is 0 Å². The summed E-state index contributed by atoms with van der Waals surface area (Å²) in [7, 11) is 0. The molecule has 1 N–H and O–H groups in total. The Morgan fingerprint density at radius 1 is 1.19 bits per heavy atom. The molecule has 0 atom stereocenters. The summed E-state index contributed by atoms with van der Waals surface area (Å²) < 4.78 is 3.35. The number of aromatic nitrogens is 3. The molecule has 0 aliphatic carbocycles. The zero-order chi connectivity index (χ0) is 15.0. The number of hydrogen-bond acceptors (Lipinski definition) is 3. The van der Waals surface area contributed by atoms with Gasteiger partial charge in [-0.3, -0.25) is 0 Å². The Morgan fingerprint density at radius 3 is 2.62 bits per heavy atom. The zero-order valence-corrected chi connectivity index (χ0v) is 13.9. The van der Waals surface area contributed by atoms with Gasteiger partial charge >= 0.3 is 135 Å². The number of rotatable bonds is 3. The number of nitrogens with zero attached hydrogens (tertiary/aromatic N) is 3. The van der Waals surface area contributed by atoms with E-state index in [1.165, 1.54) is 0 Å². The molecule has 2 heterocycles. The average Bonchev–Trinajstić information content (AvgIpc) is 2.85. The van der Waals surface area contributed by atoms with Gasteiger partial charge in [-0.25, -0.2) is 0 Å². The summed E-state index contributed by atoms with van der Waals surface area (Å²) in [6, 6.07) is 11.5. The number of phenols is 1. The van der Waals surface area contributed by atoms with Crippen molar-refractivity contribution in [3.05, 3.63) is 40.1 Å². The number of phenolic OH excluding ortho intramolecular Hbond substituents is 1. The van der Waals surface area contributed by atoms with E-state index in [4.69, 9.17) is 5.70 Å². The summed E-state index contributed by atoms with van der Waals surface area (Å²) in [5.41, 5.74) is 9.15. The van der Waals surface area contributed by atoms with Crippen LogP contribution in [0, 0.1) is 3.70 Å². The third-order valence-electron chi connectivity index (χ3n) is 3.36. The van der Waals surface area contributed by atoms with Crippen molar-refractivity contribution in [1.29, 1.82) is 0 Å². The molecule has 106 valence electrons. The zero-order valence-electron chi connectivity index (χ0n) is 11.8. The van der Waals surface area contributed by atoms with Gasteiger partial charge in [0.25, 0.3) is 0 Å². The summed E-state index contributed by atoms with van der Waals surface area (Å²) in [6.45, 7) is 4.25. The van der Waals surface area contributed by atoms with Crippen LogP contribution in [0.25, 0.3) is 22.3 Å². The topological polar surface area (TPSA) is 50.9 Å². The van der Waals surface area contributed by atoms with E-state index in [1.54, 1.807) is 12.1 Å². The minimum atomic E-state index is -0.520. The van der Waals surface area contributed by atoms with E-state index < -0.39 is 21.0 Å². The molecular formula is C15H14BIN3O-. The van der Waals surface area contributed by atoms with Crippen LogP contribution in [-0.4, -0.2) is 25.6 Å². The van der Waals surface area contributed by atoms with E-state index in [-0.39, 0.29) is 5.75 Å². The number of aromatic hydroxyl groups is 1. The van der Waals surface area contributed by atoms with Gasteiger partial charge < -0.3 is 0 Å². The van der Waals surface area contributed by atoms with E-state index in [1.807, 2.05) is 24.3 Å². The molecule has 0 aliphatic rings. The Kier molecular flexibility index (Phi) is 3.88. The summed E-state index contributed by atoms with van der Waals surface area (Å²) in [5, 5.41) is 18.5. The molecule has 1 aromatic carbocycles. The molecule has 0 saturated carbocycles. The van der Waals surface area contributed by atoms with Crippen LogP contribution in [0.1, 0.15) is 19.9 Å². The first-order chi connectivity index (χ1) is 10.1. The quantitative estimate of drug-likeness (QED) is 0.495. The van der Waals surface area contributed by atoms with Crippen molar-refractivity contribution in [2.24, 2.45) is 0 Å². The third kappa shape index (κ3) is 2.52. The van der Waals surface area contributed by atoms with Crippen LogP contribution in [0.2, 0.25) is 0 Å². The van der Waals surface area contributed by atoms with E-state index >= 15 is 0 Å². The van der Waals surface area contributed by atoms with Crippen molar-refractivity contribution in [2.45, 2.75) is 19.9 Å². The predicted molar refractivity (Wildman–Crippen MR) is 79.5 cm³/mol. The average molecular weight is 390 g/mol. The van der Waals surface area contributed by atoms with Crippen molar-refractivity contribution >= 4 is 16.7 Å². The Balaban J connectivity index is 2.24. The molecule has 21 heavy (non-hydrogen) atoms. The van der Waals surface area contributed by atoms with E-state index in [9.17, 15) is 5.11 Å². The summed E-state index contributed by atoms with van der Waals surface area (Å²) in [5.74, 6) is 0.209. The molecule has 0 saturated heterocycles. The Bertz CT molecular complexity index is 801. The summed E-state index contributed by atoms with van der Waals surface area (Å²) >= 11 is -0.520. The first-order valence-electron chi connectivity index (χ1n) is 6.62. The van der Waals surface area contributed by atoms with Gasteiger partial charge in [0.15, 0.2) is 0 Å². The fraction of sp³-hybridized carbons (Fsp3) is 0.200. The number of halogens is 1. The van der Waals surface area contributed by atoms with Crippen LogP contribution in [0.15, 0.2) is 36.4 Å². The number of hydrogen-bond donors (Lipinski definition) is 1. The molecule has 3 rings (SSSR count). The Hall–Kier alpha value is -1.57. The van der Waals surface area contributed by atoms with Gasteiger partial charge in [-0.15, -0.1) is 0 Å². The van der Waals surface area contributed by atoms with Crippen molar-refractivity contribution in [3.63, 3.8) is 0 Å². The van der Waals surface area contributed by atoms with Gasteiger partial charge in [0.1, 0.15) is 0 Å². The van der Waals surface area contributed by atoms with Gasteiger partial charge in [-0.2, -0.15) is 0 Å². The minimum absolute atomic E-state index is 0.209. The molecule has 0 bridgehead atoms. The van der Waals surface area contributed by atoms with Gasteiger partial charge in [0.2, 0.25) is 0 Å². The standard InChI is InChI=1S/C15H14BIN3O/c1-9(2)20-13-7-11(10-5-3-4-6-14(10)21)18-19-12(13)8-15(20)17-16/h3-9,21H,1-2H3/q-1. The first kappa shape index (κ1) is 14.4. The molecule has 4 nitrogen and oxygen atoms in total. The van der Waals surface area contributed by atoms with Gasteiger partial charge in [0.05, 0.1) is 0 Å². The molecule has 3 aromatic rings. The molecule has 6 heteroatoms. The molecule has 0 amide bonds. The summed E-state index contributed by atoms with van der Waals surface area (Å²) in [4.78, 5) is 0. The molecule has 0 unspecified atom stereocenters. The molecule has 2 radical (unpaired) electrons. The fourth-order valence-corrected chi connectivity index (χ4v) is 4.01. The first-order valence-corrected chi connectivity index (χ1v) is 8.94. The second-order valence-electron chi connectivity index (χ2n) is 5.06. The van der Waals surface area contributed by atoms with Gasteiger partial charge in [0, 0.05) is 0 Å². The second kappa shape index (κ2) is 5.67. The molecular weight excluding hydrogens is 376 g/mol. The van der Waals surface area contributed by atoms with Crippen molar-refractivity contribution in [3.8, 4) is 17.0 Å². The Labute approximate surface area is 134 Å². The van der Waals surface area contributed by atoms with Gasteiger partial charge in [-0.05, 0) is 0 Å². The van der Waals surface area contributed by atoms with E-state index in [2.05, 4.69) is 28.6 Å². The normalized spacial score (nSPS) is 11.6. The van der Waals surface area contributed by atoms with Gasteiger partial charge in [-0.1, -0.05) is 0 Å². The molecule has 0 spiro atoms. The maximum atomic E-state index is 9.98. The third-order valence-corrected chi connectivity index (χ3v) is 4.82. The Morgan fingerprint density at radius 2 is 1.95 bits per heavy atom. The predicted octanol–water partition coefficient (Wildman–Crippen LogP) is -0.273. The van der Waals surface area contributed by atoms with Crippen LogP contribution < -0.4 is 21.0 Å². The number of benzene rings is 1. The van der Waals surface area contributed by atoms with Crippen molar-refractivity contribution in [1.82, 2.24) is 14.8 Å². The van der Waals surface area contributed by atoms with Crippen LogP contribution in [0.5, 0.6) is 5.75 Å². The van der Waals surface area contributed by atoms with E-state index in [0.29, 0.717) is 17.3 Å². The monoisotopic (exact) mass is 390 g/mol. The number of para-hydroxylation sites is 1. The van der Waals surface area contributed by atoms with Crippen LogP contribution >= 0.6 is 0 Å². The SMILES string of the molecule is [B][I-]c1cc2nnc(-c3ccccc3O)cc2n1C(C)C.